The van der Waals surface area contributed by atoms with Gasteiger partial charge in [0.05, 0.1) is 18.5 Å². The zero-order valence-corrected chi connectivity index (χ0v) is 10.8. The van der Waals surface area contributed by atoms with E-state index in [1.807, 2.05) is 18.7 Å². The standard InChI is InChI=1S/C11H21NO3S/c1-3-5-12-11(2,10(13)14)4-6-16-9-7-15-8-9/h9,12H,3-8H2,1-2H3,(H,13,14). The van der Waals surface area contributed by atoms with Gasteiger partial charge in [0.25, 0.3) is 0 Å². The largest absolute Gasteiger partial charge is 0.480 e. The maximum atomic E-state index is 11.2. The highest BCUT2D eigenvalue weighted by Crippen LogP contribution is 2.22. The molecule has 4 nitrogen and oxygen atoms in total. The van der Waals surface area contributed by atoms with Crippen LogP contribution in [-0.2, 0) is 9.53 Å². The van der Waals surface area contributed by atoms with Crippen molar-refractivity contribution < 1.29 is 14.6 Å². The van der Waals surface area contributed by atoms with Gasteiger partial charge in [0, 0.05) is 0 Å². The van der Waals surface area contributed by atoms with E-state index in [0.717, 1.165) is 31.9 Å². The molecule has 1 aliphatic rings. The second-order valence-electron chi connectivity index (χ2n) is 4.34. The number of hydrogen-bond donors (Lipinski definition) is 2. The number of rotatable bonds is 8. The minimum atomic E-state index is -0.784. The Morgan fingerprint density at radius 3 is 2.75 bits per heavy atom. The van der Waals surface area contributed by atoms with E-state index < -0.39 is 11.5 Å². The third kappa shape index (κ3) is 3.96. The second kappa shape index (κ2) is 6.47. The van der Waals surface area contributed by atoms with Gasteiger partial charge in [-0.15, -0.1) is 0 Å². The zero-order chi connectivity index (χ0) is 12.0. The molecule has 5 heteroatoms. The van der Waals surface area contributed by atoms with E-state index >= 15 is 0 Å². The first kappa shape index (κ1) is 13.8. The van der Waals surface area contributed by atoms with Gasteiger partial charge in [0.15, 0.2) is 0 Å². The van der Waals surface area contributed by atoms with Crippen molar-refractivity contribution in [3.8, 4) is 0 Å². The molecule has 1 aliphatic heterocycles. The summed E-state index contributed by atoms with van der Waals surface area (Å²) in [4.78, 5) is 11.2. The Hall–Kier alpha value is -0.260. The summed E-state index contributed by atoms with van der Waals surface area (Å²) in [5.41, 5.74) is -0.784. The molecule has 0 amide bonds. The Bertz CT molecular complexity index is 233. The van der Waals surface area contributed by atoms with Gasteiger partial charge in [0.2, 0.25) is 0 Å². The van der Waals surface area contributed by atoms with Crippen molar-refractivity contribution in [3.05, 3.63) is 0 Å². The molecule has 0 saturated carbocycles. The fourth-order valence-corrected chi connectivity index (χ4v) is 2.66. The van der Waals surface area contributed by atoms with Crippen LogP contribution < -0.4 is 5.32 Å². The fourth-order valence-electron chi connectivity index (χ4n) is 1.41. The highest BCUT2D eigenvalue weighted by Gasteiger charge is 2.32. The average molecular weight is 247 g/mol. The summed E-state index contributed by atoms with van der Waals surface area (Å²) in [6, 6.07) is 0. The fraction of sp³-hybridized carbons (Fsp3) is 0.909. The van der Waals surface area contributed by atoms with E-state index in [0.29, 0.717) is 11.7 Å². The SMILES string of the molecule is CCCNC(C)(CCSC1COC1)C(=O)O. The number of thioether (sulfide) groups is 1. The monoisotopic (exact) mass is 247 g/mol. The van der Waals surface area contributed by atoms with Gasteiger partial charge in [-0.1, -0.05) is 6.92 Å². The van der Waals surface area contributed by atoms with E-state index in [9.17, 15) is 9.90 Å². The number of carbonyl (C=O) groups is 1. The molecule has 1 saturated heterocycles. The average Bonchev–Trinajstić information content (AvgIpc) is 2.18. The highest BCUT2D eigenvalue weighted by atomic mass is 32.2. The summed E-state index contributed by atoms with van der Waals surface area (Å²) < 4.78 is 5.08. The van der Waals surface area contributed by atoms with Gasteiger partial charge in [0.1, 0.15) is 5.54 Å². The lowest BCUT2D eigenvalue weighted by molar-refractivity contribution is -0.144. The van der Waals surface area contributed by atoms with Crippen LogP contribution >= 0.6 is 11.8 Å². The summed E-state index contributed by atoms with van der Waals surface area (Å²) in [5, 5.41) is 12.9. The lowest BCUT2D eigenvalue weighted by Crippen LogP contribution is -2.50. The van der Waals surface area contributed by atoms with Crippen LogP contribution in [0.4, 0.5) is 0 Å². The Morgan fingerprint density at radius 1 is 1.62 bits per heavy atom. The molecule has 94 valence electrons. The zero-order valence-electron chi connectivity index (χ0n) is 9.99. The molecule has 0 radical (unpaired) electrons. The molecule has 1 unspecified atom stereocenters. The number of carboxylic acids is 1. The van der Waals surface area contributed by atoms with Crippen LogP contribution in [-0.4, -0.2) is 47.4 Å². The number of nitrogens with one attached hydrogen (secondary N) is 1. The van der Waals surface area contributed by atoms with Gasteiger partial charge in [-0.3, -0.25) is 4.79 Å². The van der Waals surface area contributed by atoms with Crippen LogP contribution in [0.1, 0.15) is 26.7 Å². The lowest BCUT2D eigenvalue weighted by Gasteiger charge is -2.29. The molecule has 16 heavy (non-hydrogen) atoms. The number of aliphatic carboxylic acids is 1. The normalized spacial score (nSPS) is 20.1. The molecule has 0 aromatic heterocycles. The predicted octanol–water partition coefficient (Wildman–Crippen LogP) is 1.35. The first-order valence-electron chi connectivity index (χ1n) is 5.76. The van der Waals surface area contributed by atoms with Crippen LogP contribution in [0.5, 0.6) is 0 Å². The van der Waals surface area contributed by atoms with E-state index in [4.69, 9.17) is 4.74 Å². The van der Waals surface area contributed by atoms with Crippen LogP contribution in [0, 0.1) is 0 Å². The van der Waals surface area contributed by atoms with E-state index in [1.54, 1.807) is 6.92 Å². The van der Waals surface area contributed by atoms with E-state index in [2.05, 4.69) is 5.32 Å². The third-order valence-electron chi connectivity index (χ3n) is 2.80. The molecular formula is C11H21NO3S. The van der Waals surface area contributed by atoms with Gasteiger partial charge in [-0.25, -0.2) is 0 Å². The van der Waals surface area contributed by atoms with Crippen molar-refractivity contribution in [2.45, 2.75) is 37.5 Å². The summed E-state index contributed by atoms with van der Waals surface area (Å²) in [6.07, 6.45) is 1.61. The van der Waals surface area contributed by atoms with Crippen LogP contribution in [0.3, 0.4) is 0 Å². The molecule has 1 atom stereocenters. The van der Waals surface area contributed by atoms with Gasteiger partial charge in [-0.05, 0) is 32.1 Å². The van der Waals surface area contributed by atoms with Crippen molar-refractivity contribution >= 4 is 17.7 Å². The molecule has 1 heterocycles. The molecule has 0 bridgehead atoms. The van der Waals surface area contributed by atoms with Crippen molar-refractivity contribution in [2.24, 2.45) is 0 Å². The van der Waals surface area contributed by atoms with Crippen molar-refractivity contribution in [1.82, 2.24) is 5.32 Å². The van der Waals surface area contributed by atoms with Crippen molar-refractivity contribution in [3.63, 3.8) is 0 Å². The van der Waals surface area contributed by atoms with Gasteiger partial charge in [-0.2, -0.15) is 11.8 Å². The topological polar surface area (TPSA) is 58.6 Å². The molecule has 0 aliphatic carbocycles. The van der Waals surface area contributed by atoms with Crippen LogP contribution in [0.25, 0.3) is 0 Å². The molecule has 1 rings (SSSR count). The number of hydrogen-bond acceptors (Lipinski definition) is 4. The lowest BCUT2D eigenvalue weighted by atomic mass is 9.99. The van der Waals surface area contributed by atoms with Crippen LogP contribution in [0.15, 0.2) is 0 Å². The van der Waals surface area contributed by atoms with E-state index in [-0.39, 0.29) is 0 Å². The van der Waals surface area contributed by atoms with Crippen molar-refractivity contribution in [1.29, 1.82) is 0 Å². The molecular weight excluding hydrogens is 226 g/mol. The minimum absolute atomic E-state index is 0.573. The third-order valence-corrected chi connectivity index (χ3v) is 3.98. The first-order valence-corrected chi connectivity index (χ1v) is 6.81. The summed E-state index contributed by atoms with van der Waals surface area (Å²) in [5.74, 6) is 0.111. The maximum Gasteiger partial charge on any atom is 0.323 e. The molecule has 0 spiro atoms. The first-order chi connectivity index (χ1) is 7.58. The molecule has 2 N–H and O–H groups in total. The summed E-state index contributed by atoms with van der Waals surface area (Å²) in [7, 11) is 0. The van der Waals surface area contributed by atoms with Gasteiger partial charge >= 0.3 is 5.97 Å². The highest BCUT2D eigenvalue weighted by molar-refractivity contribution is 8.00. The summed E-state index contributed by atoms with van der Waals surface area (Å²) >= 11 is 1.81. The Balaban J connectivity index is 2.27. The number of carboxylic acid groups (broad SMARTS) is 1. The van der Waals surface area contributed by atoms with Gasteiger partial charge < -0.3 is 15.2 Å². The van der Waals surface area contributed by atoms with E-state index in [1.165, 1.54) is 0 Å². The Labute approximate surface area is 101 Å². The second-order valence-corrected chi connectivity index (χ2v) is 5.75. The summed E-state index contributed by atoms with van der Waals surface area (Å²) in [6.45, 7) is 6.19. The predicted molar refractivity (Wildman–Crippen MR) is 66.0 cm³/mol. The smallest absolute Gasteiger partial charge is 0.323 e. The maximum absolute atomic E-state index is 11.2. The van der Waals surface area contributed by atoms with Crippen LogP contribution in [0.2, 0.25) is 0 Å². The molecule has 0 aromatic carbocycles. The molecule has 0 aromatic rings. The Kier molecular flexibility index (Phi) is 5.58. The minimum Gasteiger partial charge on any atom is -0.480 e. The Morgan fingerprint density at radius 2 is 2.31 bits per heavy atom. The van der Waals surface area contributed by atoms with Crippen molar-refractivity contribution in [2.75, 3.05) is 25.5 Å². The quantitative estimate of drug-likeness (QED) is 0.678. The molecule has 1 fully saturated rings. The number of ether oxygens (including phenoxy) is 1.